The Morgan fingerprint density at radius 2 is 1.94 bits per heavy atom. The maximum absolute atomic E-state index is 6.08. The quantitative estimate of drug-likeness (QED) is 0.823. The minimum Gasteiger partial charge on any atom is -0.329 e. The molecule has 0 bridgehead atoms. The lowest BCUT2D eigenvalue weighted by Gasteiger charge is -2.49. The molecule has 2 nitrogen and oxygen atoms in total. The fourth-order valence-electron chi connectivity index (χ4n) is 2.78. The number of hydrogen-bond acceptors (Lipinski definition) is 3. The first kappa shape index (κ1) is 14.3. The summed E-state index contributed by atoms with van der Waals surface area (Å²) < 4.78 is 0. The SMILES string of the molecule is CC(C)CN(C)C1(CN)CSCC(C)(C)C1. The van der Waals surface area contributed by atoms with Crippen LogP contribution in [0.4, 0.5) is 0 Å². The van der Waals surface area contributed by atoms with Gasteiger partial charge in [0.1, 0.15) is 0 Å². The van der Waals surface area contributed by atoms with Crippen LogP contribution >= 0.6 is 11.8 Å². The maximum atomic E-state index is 6.08. The van der Waals surface area contributed by atoms with Gasteiger partial charge in [0.15, 0.2) is 0 Å². The van der Waals surface area contributed by atoms with Crippen molar-refractivity contribution in [3.63, 3.8) is 0 Å². The van der Waals surface area contributed by atoms with Crippen molar-refractivity contribution in [2.24, 2.45) is 17.1 Å². The van der Waals surface area contributed by atoms with Gasteiger partial charge in [-0.25, -0.2) is 0 Å². The lowest BCUT2D eigenvalue weighted by molar-refractivity contribution is 0.0830. The molecule has 1 rings (SSSR count). The topological polar surface area (TPSA) is 29.3 Å². The zero-order chi connectivity index (χ0) is 12.4. The van der Waals surface area contributed by atoms with Gasteiger partial charge in [0.25, 0.3) is 0 Å². The number of nitrogens with two attached hydrogens (primary N) is 1. The van der Waals surface area contributed by atoms with E-state index in [0.717, 1.165) is 13.1 Å². The highest BCUT2D eigenvalue weighted by Gasteiger charge is 2.42. The Balaban J connectivity index is 2.76. The Morgan fingerprint density at radius 3 is 2.38 bits per heavy atom. The molecule has 0 aliphatic carbocycles. The third kappa shape index (κ3) is 3.38. The summed E-state index contributed by atoms with van der Waals surface area (Å²) in [6, 6.07) is 0. The summed E-state index contributed by atoms with van der Waals surface area (Å²) in [6.45, 7) is 11.2. The molecule has 1 saturated heterocycles. The molecular weight excluding hydrogens is 216 g/mol. The minimum atomic E-state index is 0.219. The second-order valence-electron chi connectivity index (χ2n) is 6.54. The van der Waals surface area contributed by atoms with Gasteiger partial charge in [0, 0.05) is 24.4 Å². The molecule has 1 fully saturated rings. The maximum Gasteiger partial charge on any atom is 0.0424 e. The molecule has 2 N–H and O–H groups in total. The third-order valence-electron chi connectivity index (χ3n) is 3.50. The molecule has 1 aliphatic heterocycles. The molecule has 0 spiro atoms. The predicted octanol–water partition coefficient (Wildman–Crippen LogP) is 2.43. The normalized spacial score (nSPS) is 30.0. The highest BCUT2D eigenvalue weighted by atomic mass is 32.2. The summed E-state index contributed by atoms with van der Waals surface area (Å²) in [4.78, 5) is 2.51. The second-order valence-corrected chi connectivity index (χ2v) is 7.52. The van der Waals surface area contributed by atoms with Gasteiger partial charge >= 0.3 is 0 Å². The largest absolute Gasteiger partial charge is 0.329 e. The van der Waals surface area contributed by atoms with Crippen LogP contribution in [0, 0.1) is 11.3 Å². The Bertz CT molecular complexity index is 228. The van der Waals surface area contributed by atoms with Crippen molar-refractivity contribution in [3.05, 3.63) is 0 Å². The summed E-state index contributed by atoms with van der Waals surface area (Å²) in [5, 5.41) is 0. The van der Waals surface area contributed by atoms with Gasteiger partial charge < -0.3 is 5.73 Å². The molecule has 1 heterocycles. The van der Waals surface area contributed by atoms with Crippen LogP contribution in [0.5, 0.6) is 0 Å². The third-order valence-corrected chi connectivity index (χ3v) is 5.23. The monoisotopic (exact) mass is 244 g/mol. The van der Waals surface area contributed by atoms with E-state index in [-0.39, 0.29) is 5.54 Å². The lowest BCUT2D eigenvalue weighted by Crippen LogP contribution is -2.59. The van der Waals surface area contributed by atoms with Crippen LogP contribution in [0.15, 0.2) is 0 Å². The van der Waals surface area contributed by atoms with Gasteiger partial charge in [-0.15, -0.1) is 0 Å². The molecule has 0 radical (unpaired) electrons. The standard InChI is InChI=1S/C13H28N2S/c1-11(2)6-15(5)13(8-14)7-12(3,4)9-16-10-13/h11H,6-10,14H2,1-5H3. The fraction of sp³-hybridized carbons (Fsp3) is 1.00. The van der Waals surface area contributed by atoms with Crippen molar-refractivity contribution in [1.82, 2.24) is 4.90 Å². The first-order valence-corrected chi connectivity index (χ1v) is 7.46. The lowest BCUT2D eigenvalue weighted by atomic mass is 9.78. The first-order chi connectivity index (χ1) is 7.31. The summed E-state index contributed by atoms with van der Waals surface area (Å²) in [7, 11) is 2.24. The van der Waals surface area contributed by atoms with Crippen LogP contribution in [-0.4, -0.2) is 42.1 Å². The molecule has 1 aliphatic rings. The number of hydrogen-bond donors (Lipinski definition) is 1. The Hall–Kier alpha value is 0.270. The Kier molecular flexibility index (Phi) is 4.73. The van der Waals surface area contributed by atoms with E-state index < -0.39 is 0 Å². The number of likely N-dealkylation sites (N-methyl/N-ethyl adjacent to an activating group) is 1. The summed E-state index contributed by atoms with van der Waals surface area (Å²) in [6.07, 6.45) is 1.23. The molecule has 0 aromatic rings. The average Bonchev–Trinajstić information content (AvgIpc) is 2.14. The van der Waals surface area contributed by atoms with Crippen molar-refractivity contribution in [1.29, 1.82) is 0 Å². The van der Waals surface area contributed by atoms with Gasteiger partial charge in [-0.05, 0) is 30.6 Å². The van der Waals surface area contributed by atoms with E-state index in [2.05, 4.69) is 51.4 Å². The van der Waals surface area contributed by atoms with E-state index in [9.17, 15) is 0 Å². The molecule has 1 unspecified atom stereocenters. The van der Waals surface area contributed by atoms with Crippen LogP contribution < -0.4 is 5.73 Å². The zero-order valence-electron chi connectivity index (χ0n) is 11.5. The number of thioether (sulfide) groups is 1. The van der Waals surface area contributed by atoms with E-state index in [1.165, 1.54) is 17.9 Å². The van der Waals surface area contributed by atoms with Gasteiger partial charge in [-0.3, -0.25) is 4.90 Å². The van der Waals surface area contributed by atoms with E-state index >= 15 is 0 Å². The van der Waals surface area contributed by atoms with Gasteiger partial charge in [0.05, 0.1) is 0 Å². The van der Waals surface area contributed by atoms with Crippen LogP contribution in [0.1, 0.15) is 34.1 Å². The predicted molar refractivity (Wildman–Crippen MR) is 75.0 cm³/mol. The molecule has 96 valence electrons. The highest BCUT2D eigenvalue weighted by Crippen LogP contribution is 2.41. The van der Waals surface area contributed by atoms with Crippen molar-refractivity contribution in [2.75, 3.05) is 31.6 Å². The van der Waals surface area contributed by atoms with Crippen molar-refractivity contribution in [3.8, 4) is 0 Å². The molecule has 3 heteroatoms. The molecule has 0 amide bonds. The summed E-state index contributed by atoms with van der Waals surface area (Å²) >= 11 is 2.07. The van der Waals surface area contributed by atoms with Crippen LogP contribution in [0.3, 0.4) is 0 Å². The van der Waals surface area contributed by atoms with E-state index in [1.54, 1.807) is 0 Å². The Labute approximate surface area is 105 Å². The summed E-state index contributed by atoms with van der Waals surface area (Å²) in [5.41, 5.74) is 6.72. The Morgan fingerprint density at radius 1 is 1.31 bits per heavy atom. The molecule has 16 heavy (non-hydrogen) atoms. The van der Waals surface area contributed by atoms with Gasteiger partial charge in [0.2, 0.25) is 0 Å². The molecular formula is C13H28N2S. The highest BCUT2D eigenvalue weighted by molar-refractivity contribution is 7.99. The van der Waals surface area contributed by atoms with Crippen molar-refractivity contribution < 1.29 is 0 Å². The molecule has 0 saturated carbocycles. The second kappa shape index (κ2) is 5.28. The van der Waals surface area contributed by atoms with Crippen LogP contribution in [0.25, 0.3) is 0 Å². The number of nitrogens with zero attached hydrogens (tertiary/aromatic N) is 1. The first-order valence-electron chi connectivity index (χ1n) is 6.30. The van der Waals surface area contributed by atoms with Gasteiger partial charge in [-0.1, -0.05) is 27.7 Å². The average molecular weight is 244 g/mol. The van der Waals surface area contributed by atoms with E-state index in [0.29, 0.717) is 11.3 Å². The summed E-state index contributed by atoms with van der Waals surface area (Å²) in [5.74, 6) is 3.17. The fourth-order valence-corrected chi connectivity index (χ4v) is 4.36. The van der Waals surface area contributed by atoms with Crippen LogP contribution in [0.2, 0.25) is 0 Å². The van der Waals surface area contributed by atoms with E-state index in [1.807, 2.05) is 0 Å². The van der Waals surface area contributed by atoms with Crippen molar-refractivity contribution >= 4 is 11.8 Å². The van der Waals surface area contributed by atoms with Crippen molar-refractivity contribution in [2.45, 2.75) is 39.7 Å². The molecule has 1 atom stereocenters. The molecule has 0 aromatic heterocycles. The number of rotatable bonds is 4. The van der Waals surface area contributed by atoms with E-state index in [4.69, 9.17) is 5.73 Å². The van der Waals surface area contributed by atoms with Crippen LogP contribution in [-0.2, 0) is 0 Å². The van der Waals surface area contributed by atoms with Gasteiger partial charge in [-0.2, -0.15) is 11.8 Å². The smallest absolute Gasteiger partial charge is 0.0424 e. The zero-order valence-corrected chi connectivity index (χ0v) is 12.4. The molecule has 0 aromatic carbocycles. The minimum absolute atomic E-state index is 0.219.